The zero-order chi connectivity index (χ0) is 8.43. The molecule has 1 atom stereocenters. The largest absolute Gasteiger partial charge is 0.263 e. The van der Waals surface area contributed by atoms with E-state index in [0.29, 0.717) is 0 Å². The summed E-state index contributed by atoms with van der Waals surface area (Å²) >= 11 is 0. The lowest BCUT2D eigenvalue weighted by atomic mass is 10.1. The lowest BCUT2D eigenvalue weighted by Crippen LogP contribution is -2.33. The van der Waals surface area contributed by atoms with Crippen LogP contribution in [-0.2, 0) is 0 Å². The van der Waals surface area contributed by atoms with Crippen LogP contribution in [0.5, 0.6) is 0 Å². The van der Waals surface area contributed by atoms with Crippen LogP contribution < -0.4 is 0 Å². The zero-order valence-electron chi connectivity index (χ0n) is 6.03. The number of aliphatic imine (C=N–C) groups is 1. The quantitative estimate of drug-likeness (QED) is 0.522. The van der Waals surface area contributed by atoms with Gasteiger partial charge in [-0.25, -0.2) is 9.38 Å². The Hall–Kier alpha value is -0.940. The highest BCUT2D eigenvalue weighted by molar-refractivity contribution is 5.86. The van der Waals surface area contributed by atoms with Crippen LogP contribution in [0.3, 0.4) is 0 Å². The highest BCUT2D eigenvalue weighted by Gasteiger charge is 2.22. The van der Waals surface area contributed by atoms with Crippen molar-refractivity contribution in [2.24, 2.45) is 4.99 Å². The molecular formula is C6H9FN2O2. The molecule has 1 rings (SSSR count). The maximum Gasteiger partial charge on any atom is 0.194 e. The second-order valence-electron chi connectivity index (χ2n) is 2.42. The van der Waals surface area contributed by atoms with E-state index < -0.39 is 6.17 Å². The molecule has 1 aliphatic heterocycles. The van der Waals surface area contributed by atoms with Crippen molar-refractivity contribution in [2.75, 3.05) is 0 Å². The predicted molar refractivity (Wildman–Crippen MR) is 36.1 cm³/mol. The number of hydroxylamine groups is 2. The van der Waals surface area contributed by atoms with Crippen LogP contribution in [0.25, 0.3) is 0 Å². The summed E-state index contributed by atoms with van der Waals surface area (Å²) in [6.07, 6.45) is 0.149. The van der Waals surface area contributed by atoms with Crippen LogP contribution in [-0.4, -0.2) is 27.6 Å². The Morgan fingerprint density at radius 3 is 2.82 bits per heavy atom. The van der Waals surface area contributed by atoms with E-state index in [4.69, 9.17) is 10.4 Å². The van der Waals surface area contributed by atoms with E-state index in [1.54, 1.807) is 6.92 Å². The molecule has 0 saturated heterocycles. The molecular weight excluding hydrogens is 151 g/mol. The molecule has 0 amide bonds. The third-order valence-electron chi connectivity index (χ3n) is 1.40. The van der Waals surface area contributed by atoms with Crippen molar-refractivity contribution in [3.8, 4) is 0 Å². The minimum Gasteiger partial charge on any atom is -0.263 e. The Bertz CT molecular complexity index is 213. The fourth-order valence-corrected chi connectivity index (χ4v) is 0.861. The molecule has 11 heavy (non-hydrogen) atoms. The number of hydrogen-bond donors (Lipinski definition) is 2. The summed E-state index contributed by atoms with van der Waals surface area (Å²) < 4.78 is 12.8. The van der Waals surface area contributed by atoms with Gasteiger partial charge in [0.15, 0.2) is 12.0 Å². The molecule has 0 fully saturated rings. The third kappa shape index (κ3) is 1.75. The molecule has 0 bridgehead atoms. The fraction of sp³-hybridized carbons (Fsp3) is 0.500. The molecule has 1 heterocycles. The number of alkyl halides is 1. The monoisotopic (exact) mass is 160 g/mol. The molecule has 0 aromatic rings. The summed E-state index contributed by atoms with van der Waals surface area (Å²) in [5.74, 6) is -0.365. The Kier molecular flexibility index (Phi) is 2.21. The lowest BCUT2D eigenvalue weighted by Gasteiger charge is -2.17. The highest BCUT2D eigenvalue weighted by Crippen LogP contribution is 2.15. The van der Waals surface area contributed by atoms with Gasteiger partial charge >= 0.3 is 0 Å². The molecule has 0 aromatic heterocycles. The number of rotatable bonds is 0. The van der Waals surface area contributed by atoms with Gasteiger partial charge in [-0.3, -0.25) is 10.4 Å². The Labute approximate surface area is 63.2 Å². The van der Waals surface area contributed by atoms with Crippen LogP contribution in [0.2, 0.25) is 0 Å². The summed E-state index contributed by atoms with van der Waals surface area (Å²) in [4.78, 5) is 3.50. The topological polar surface area (TPSA) is 56.1 Å². The van der Waals surface area contributed by atoms with Crippen molar-refractivity contribution < 1.29 is 14.8 Å². The smallest absolute Gasteiger partial charge is 0.194 e. The van der Waals surface area contributed by atoms with E-state index in [1.807, 2.05) is 0 Å². The number of nitrogens with zero attached hydrogens (tertiary/aromatic N) is 2. The number of hydrogen-bond acceptors (Lipinski definition) is 4. The first-order chi connectivity index (χ1) is 5.11. The minimum absolute atomic E-state index is 0.163. The van der Waals surface area contributed by atoms with Crippen molar-refractivity contribution in [2.45, 2.75) is 19.5 Å². The molecule has 4 nitrogen and oxygen atoms in total. The van der Waals surface area contributed by atoms with E-state index in [9.17, 15) is 4.39 Å². The van der Waals surface area contributed by atoms with Crippen molar-refractivity contribution in [3.05, 3.63) is 11.8 Å². The number of halogens is 1. The first-order valence-electron chi connectivity index (χ1n) is 3.16. The number of amidine groups is 1. The van der Waals surface area contributed by atoms with Crippen LogP contribution in [0.15, 0.2) is 16.8 Å². The van der Waals surface area contributed by atoms with Gasteiger partial charge in [-0.2, -0.15) is 0 Å². The molecule has 0 radical (unpaired) electrons. The second-order valence-corrected chi connectivity index (χ2v) is 2.42. The standard InChI is InChI=1S/C6H9FN2O2/c1-4-2-5(7)6(8-3-4)9(10)11/h3,5,10-11H,2H2,1H3. The maximum atomic E-state index is 12.8. The predicted octanol–water partition coefficient (Wildman–Crippen LogP) is 1.11. The molecule has 1 aliphatic rings. The van der Waals surface area contributed by atoms with E-state index >= 15 is 0 Å². The van der Waals surface area contributed by atoms with Gasteiger partial charge in [0, 0.05) is 12.6 Å². The SMILES string of the molecule is CC1=CN=C(N(O)O)C(F)C1. The van der Waals surface area contributed by atoms with Gasteiger partial charge in [-0.1, -0.05) is 5.57 Å². The zero-order valence-corrected chi connectivity index (χ0v) is 6.03. The lowest BCUT2D eigenvalue weighted by molar-refractivity contribution is -0.248. The van der Waals surface area contributed by atoms with Crippen LogP contribution in [0.4, 0.5) is 4.39 Å². The summed E-state index contributed by atoms with van der Waals surface area (Å²) in [5, 5.41) is 16.6. The average Bonchev–Trinajstić information content (AvgIpc) is 1.85. The van der Waals surface area contributed by atoms with E-state index in [0.717, 1.165) is 5.57 Å². The summed E-state index contributed by atoms with van der Waals surface area (Å²) in [7, 11) is 0. The van der Waals surface area contributed by atoms with Crippen LogP contribution in [0, 0.1) is 0 Å². The van der Waals surface area contributed by atoms with Gasteiger partial charge in [-0.15, -0.1) is 5.23 Å². The van der Waals surface area contributed by atoms with Gasteiger partial charge in [0.2, 0.25) is 0 Å². The summed E-state index contributed by atoms with van der Waals surface area (Å²) in [5.41, 5.74) is 0.781. The minimum atomic E-state index is -1.42. The van der Waals surface area contributed by atoms with Crippen molar-refractivity contribution in [1.29, 1.82) is 0 Å². The van der Waals surface area contributed by atoms with Gasteiger partial charge < -0.3 is 0 Å². The first kappa shape index (κ1) is 8.16. The van der Waals surface area contributed by atoms with Gasteiger partial charge in [0.1, 0.15) is 0 Å². The Morgan fingerprint density at radius 1 is 1.73 bits per heavy atom. The van der Waals surface area contributed by atoms with E-state index in [2.05, 4.69) is 4.99 Å². The maximum absolute atomic E-state index is 12.8. The van der Waals surface area contributed by atoms with Crippen LogP contribution in [0.1, 0.15) is 13.3 Å². The molecule has 0 aliphatic carbocycles. The van der Waals surface area contributed by atoms with Crippen molar-refractivity contribution in [3.63, 3.8) is 0 Å². The van der Waals surface area contributed by atoms with Gasteiger partial charge in [0.05, 0.1) is 0 Å². The molecule has 2 N–H and O–H groups in total. The highest BCUT2D eigenvalue weighted by atomic mass is 19.1. The normalized spacial score (nSPS) is 24.2. The number of allylic oxidation sites excluding steroid dienone is 1. The fourth-order valence-electron chi connectivity index (χ4n) is 0.861. The molecule has 0 aromatic carbocycles. The molecule has 62 valence electrons. The summed E-state index contributed by atoms with van der Waals surface area (Å²) in [6, 6.07) is 0. The van der Waals surface area contributed by atoms with Gasteiger partial charge in [-0.05, 0) is 6.92 Å². The Balaban J connectivity index is 2.78. The van der Waals surface area contributed by atoms with E-state index in [-0.39, 0.29) is 17.5 Å². The molecule has 0 saturated carbocycles. The van der Waals surface area contributed by atoms with Gasteiger partial charge in [0.25, 0.3) is 0 Å². The Morgan fingerprint density at radius 2 is 2.36 bits per heavy atom. The third-order valence-corrected chi connectivity index (χ3v) is 1.40. The van der Waals surface area contributed by atoms with Crippen molar-refractivity contribution >= 4 is 5.84 Å². The van der Waals surface area contributed by atoms with E-state index in [1.165, 1.54) is 6.20 Å². The molecule has 0 spiro atoms. The molecule has 5 heteroatoms. The van der Waals surface area contributed by atoms with Crippen molar-refractivity contribution in [1.82, 2.24) is 5.23 Å². The second kappa shape index (κ2) is 2.98. The average molecular weight is 160 g/mol. The molecule has 1 unspecified atom stereocenters. The van der Waals surface area contributed by atoms with Crippen LogP contribution >= 0.6 is 0 Å². The first-order valence-corrected chi connectivity index (χ1v) is 3.16. The summed E-state index contributed by atoms with van der Waals surface area (Å²) in [6.45, 7) is 1.73.